The number of carbonyl (C=O) groups is 1. The van der Waals surface area contributed by atoms with E-state index >= 15 is 0 Å². The Morgan fingerprint density at radius 3 is 2.58 bits per heavy atom. The van der Waals surface area contributed by atoms with Crippen LogP contribution in [0.15, 0.2) is 42.1 Å². The van der Waals surface area contributed by atoms with Gasteiger partial charge in [0.25, 0.3) is 5.91 Å². The van der Waals surface area contributed by atoms with E-state index in [1.54, 1.807) is 37.5 Å². The van der Waals surface area contributed by atoms with Crippen LogP contribution in [0.1, 0.15) is 11.1 Å². The van der Waals surface area contributed by atoms with E-state index in [-0.39, 0.29) is 17.6 Å². The van der Waals surface area contributed by atoms with Crippen molar-refractivity contribution in [3.8, 4) is 11.5 Å². The van der Waals surface area contributed by atoms with Crippen molar-refractivity contribution in [1.82, 2.24) is 10.6 Å². The molecule has 1 fully saturated rings. The zero-order valence-corrected chi connectivity index (χ0v) is 16.0. The molecule has 1 aliphatic rings. The van der Waals surface area contributed by atoms with Crippen LogP contribution < -0.4 is 20.1 Å². The average Bonchev–Trinajstić information content (AvgIpc) is 2.92. The smallest absolute Gasteiger partial charge is 0.273 e. The predicted octanol–water partition coefficient (Wildman–Crippen LogP) is 3.93. The molecule has 0 atom stereocenters. The summed E-state index contributed by atoms with van der Waals surface area (Å²) in [5.41, 5.74) is 1.95. The molecule has 0 aromatic heterocycles. The van der Waals surface area contributed by atoms with Crippen molar-refractivity contribution in [3.05, 3.63) is 63.3 Å². The first-order valence-corrected chi connectivity index (χ1v) is 8.71. The highest BCUT2D eigenvalue weighted by molar-refractivity contribution is 7.80. The van der Waals surface area contributed by atoms with E-state index in [0.29, 0.717) is 27.2 Å². The van der Waals surface area contributed by atoms with Gasteiger partial charge in [-0.2, -0.15) is 0 Å². The summed E-state index contributed by atoms with van der Waals surface area (Å²) in [6.45, 7) is 0.269. The van der Waals surface area contributed by atoms with Crippen molar-refractivity contribution in [2.24, 2.45) is 0 Å². The van der Waals surface area contributed by atoms with Crippen molar-refractivity contribution in [1.29, 1.82) is 0 Å². The molecular formula is C18H14Cl2N2O3S. The van der Waals surface area contributed by atoms with Gasteiger partial charge >= 0.3 is 0 Å². The van der Waals surface area contributed by atoms with Gasteiger partial charge in [-0.3, -0.25) is 10.1 Å². The Morgan fingerprint density at radius 2 is 1.92 bits per heavy atom. The van der Waals surface area contributed by atoms with E-state index in [0.717, 1.165) is 11.1 Å². The molecule has 1 aliphatic heterocycles. The van der Waals surface area contributed by atoms with Crippen LogP contribution in [0, 0.1) is 0 Å². The monoisotopic (exact) mass is 408 g/mol. The summed E-state index contributed by atoms with van der Waals surface area (Å²) < 4.78 is 11.2. The molecule has 0 saturated carbocycles. The van der Waals surface area contributed by atoms with Crippen LogP contribution in [0.3, 0.4) is 0 Å². The zero-order chi connectivity index (χ0) is 18.7. The van der Waals surface area contributed by atoms with Crippen LogP contribution in [-0.2, 0) is 11.4 Å². The summed E-state index contributed by atoms with van der Waals surface area (Å²) in [6, 6.07) is 10.6. The quantitative estimate of drug-likeness (QED) is 0.579. The summed E-state index contributed by atoms with van der Waals surface area (Å²) in [7, 11) is 1.55. The van der Waals surface area contributed by atoms with E-state index in [2.05, 4.69) is 10.6 Å². The molecule has 2 aromatic carbocycles. The van der Waals surface area contributed by atoms with Crippen molar-refractivity contribution in [3.63, 3.8) is 0 Å². The molecule has 0 unspecified atom stereocenters. The second-order valence-corrected chi connectivity index (χ2v) is 6.65. The number of ether oxygens (including phenoxy) is 2. The van der Waals surface area contributed by atoms with Crippen LogP contribution in [0.5, 0.6) is 11.5 Å². The van der Waals surface area contributed by atoms with Crippen LogP contribution in [0.2, 0.25) is 10.0 Å². The largest absolute Gasteiger partial charge is 0.493 e. The van der Waals surface area contributed by atoms with Crippen LogP contribution in [0.4, 0.5) is 0 Å². The third kappa shape index (κ3) is 4.27. The molecule has 0 radical (unpaired) electrons. The summed E-state index contributed by atoms with van der Waals surface area (Å²) in [5.74, 6) is 0.817. The highest BCUT2D eigenvalue weighted by Gasteiger charge is 2.20. The maximum absolute atomic E-state index is 11.7. The molecule has 5 nitrogen and oxygen atoms in total. The van der Waals surface area contributed by atoms with Gasteiger partial charge < -0.3 is 14.8 Å². The lowest BCUT2D eigenvalue weighted by Gasteiger charge is -2.12. The van der Waals surface area contributed by atoms with Gasteiger partial charge in [-0.05, 0) is 48.1 Å². The van der Waals surface area contributed by atoms with Crippen molar-refractivity contribution < 1.29 is 14.3 Å². The van der Waals surface area contributed by atoms with E-state index in [1.165, 1.54) is 0 Å². The van der Waals surface area contributed by atoms with Gasteiger partial charge in [0, 0.05) is 15.6 Å². The number of rotatable bonds is 5. The average molecular weight is 409 g/mol. The minimum atomic E-state index is -0.272. The molecule has 1 amide bonds. The Balaban J connectivity index is 1.77. The van der Waals surface area contributed by atoms with Crippen molar-refractivity contribution in [2.75, 3.05) is 7.11 Å². The van der Waals surface area contributed by atoms with Gasteiger partial charge in [-0.1, -0.05) is 35.3 Å². The number of amides is 1. The van der Waals surface area contributed by atoms with Crippen LogP contribution in [0.25, 0.3) is 6.08 Å². The molecule has 0 aliphatic carbocycles. The fourth-order valence-corrected chi connectivity index (χ4v) is 3.00. The Labute approximate surface area is 165 Å². The molecule has 2 aromatic rings. The first-order valence-electron chi connectivity index (χ1n) is 7.55. The maximum atomic E-state index is 11.7. The summed E-state index contributed by atoms with van der Waals surface area (Å²) in [5, 5.41) is 6.69. The third-order valence-electron chi connectivity index (χ3n) is 3.62. The fourth-order valence-electron chi connectivity index (χ4n) is 2.34. The van der Waals surface area contributed by atoms with Crippen LogP contribution in [-0.4, -0.2) is 18.1 Å². The van der Waals surface area contributed by atoms with Gasteiger partial charge in [0.2, 0.25) is 0 Å². The van der Waals surface area contributed by atoms with Crippen molar-refractivity contribution in [2.45, 2.75) is 6.61 Å². The van der Waals surface area contributed by atoms with Gasteiger partial charge in [0.15, 0.2) is 16.6 Å². The second-order valence-electron chi connectivity index (χ2n) is 5.40. The summed E-state index contributed by atoms with van der Waals surface area (Å²) in [4.78, 5) is 11.7. The molecule has 26 heavy (non-hydrogen) atoms. The molecule has 3 rings (SSSR count). The normalized spacial score (nSPS) is 15.0. The number of thiocarbonyl (C=S) groups is 1. The first kappa shape index (κ1) is 18.5. The lowest BCUT2D eigenvalue weighted by molar-refractivity contribution is -0.115. The molecule has 134 valence electrons. The third-order valence-corrected chi connectivity index (χ3v) is 4.41. The Morgan fingerprint density at radius 1 is 1.12 bits per heavy atom. The number of hydrogen-bond acceptors (Lipinski definition) is 4. The van der Waals surface area contributed by atoms with Crippen molar-refractivity contribution >= 4 is 52.5 Å². The van der Waals surface area contributed by atoms with Gasteiger partial charge in [0.1, 0.15) is 12.3 Å². The number of benzene rings is 2. The molecule has 1 saturated heterocycles. The zero-order valence-electron chi connectivity index (χ0n) is 13.6. The fraction of sp³-hybridized carbons (Fsp3) is 0.111. The lowest BCUT2D eigenvalue weighted by Crippen LogP contribution is -2.21. The first-order chi connectivity index (χ1) is 12.5. The molecule has 0 bridgehead atoms. The summed E-state index contributed by atoms with van der Waals surface area (Å²) in [6.07, 6.45) is 1.68. The summed E-state index contributed by atoms with van der Waals surface area (Å²) >= 11 is 17.0. The second kappa shape index (κ2) is 7.95. The number of methoxy groups -OCH3 is 1. The minimum absolute atomic E-state index is 0.269. The van der Waals surface area contributed by atoms with Gasteiger partial charge in [-0.15, -0.1) is 0 Å². The topological polar surface area (TPSA) is 59.6 Å². The lowest BCUT2D eigenvalue weighted by atomic mass is 10.1. The van der Waals surface area contributed by atoms with Crippen LogP contribution >= 0.6 is 35.4 Å². The Kier molecular flexibility index (Phi) is 5.66. The molecule has 0 spiro atoms. The maximum Gasteiger partial charge on any atom is 0.273 e. The van der Waals surface area contributed by atoms with Gasteiger partial charge in [0.05, 0.1) is 7.11 Å². The molecule has 2 N–H and O–H groups in total. The standard InChI is InChI=1S/C18H14Cl2N2O3S/c1-24-16-7-10(6-14-17(23)22-18(26)21-14)2-5-15(16)25-9-11-3-4-12(19)8-13(11)20/h2-8H,9H2,1H3,(H2,21,22,23,26). The number of carbonyl (C=O) groups excluding carboxylic acids is 1. The number of halogens is 2. The highest BCUT2D eigenvalue weighted by atomic mass is 35.5. The Hall–Kier alpha value is -2.28. The SMILES string of the molecule is COc1cc(C=C2NC(=S)NC2=O)ccc1OCc1ccc(Cl)cc1Cl. The van der Waals surface area contributed by atoms with E-state index in [1.807, 2.05) is 12.1 Å². The van der Waals surface area contributed by atoms with E-state index in [9.17, 15) is 4.79 Å². The van der Waals surface area contributed by atoms with E-state index < -0.39 is 0 Å². The Bertz CT molecular complexity index is 915. The predicted molar refractivity (Wildman–Crippen MR) is 106 cm³/mol. The van der Waals surface area contributed by atoms with Gasteiger partial charge in [-0.25, -0.2) is 0 Å². The number of nitrogens with one attached hydrogen (secondary N) is 2. The minimum Gasteiger partial charge on any atom is -0.493 e. The highest BCUT2D eigenvalue weighted by Crippen LogP contribution is 2.31. The number of hydrogen-bond donors (Lipinski definition) is 2. The molecular weight excluding hydrogens is 395 g/mol. The molecule has 8 heteroatoms. The molecule has 1 heterocycles. The van der Waals surface area contributed by atoms with E-state index in [4.69, 9.17) is 44.9 Å².